The van der Waals surface area contributed by atoms with Crippen LogP contribution in [0.15, 0.2) is 18.2 Å². The lowest BCUT2D eigenvalue weighted by molar-refractivity contribution is -0.385. The van der Waals surface area contributed by atoms with E-state index in [4.69, 9.17) is 11.6 Å². The van der Waals surface area contributed by atoms with Gasteiger partial charge in [0.1, 0.15) is 5.56 Å². The van der Waals surface area contributed by atoms with E-state index in [1.807, 2.05) is 0 Å². The van der Waals surface area contributed by atoms with Crippen molar-refractivity contribution in [1.29, 1.82) is 0 Å². The zero-order chi connectivity index (χ0) is 16.6. The van der Waals surface area contributed by atoms with Crippen molar-refractivity contribution in [3.05, 3.63) is 49.5 Å². The highest BCUT2D eigenvalue weighted by Gasteiger charge is 2.24. The Morgan fingerprint density at radius 2 is 2.30 bits per heavy atom. The molecule has 0 aliphatic heterocycles. The Hall–Kier alpha value is -1.99. The average Bonchev–Trinajstić information content (AvgIpc) is 2.88. The second-order valence-electron chi connectivity index (χ2n) is 5.61. The number of carbonyl (C=O) groups excluding carboxylic acids is 1. The number of aromatic nitrogens is 1. The molecule has 0 spiro atoms. The molecule has 1 aromatic heterocycles. The number of halogens is 1. The first kappa shape index (κ1) is 15.9. The van der Waals surface area contributed by atoms with E-state index < -0.39 is 10.8 Å². The van der Waals surface area contributed by atoms with Gasteiger partial charge in [0, 0.05) is 16.0 Å². The van der Waals surface area contributed by atoms with Gasteiger partial charge >= 0.3 is 0 Å². The van der Waals surface area contributed by atoms with Crippen molar-refractivity contribution in [2.24, 2.45) is 5.92 Å². The van der Waals surface area contributed by atoms with Gasteiger partial charge in [-0.2, -0.15) is 0 Å². The Labute approximate surface area is 141 Å². The molecule has 120 valence electrons. The summed E-state index contributed by atoms with van der Waals surface area (Å²) in [6.07, 6.45) is 2.96. The van der Waals surface area contributed by atoms with Crippen LogP contribution in [-0.4, -0.2) is 15.8 Å². The highest BCUT2D eigenvalue weighted by Crippen LogP contribution is 2.32. The Bertz CT molecular complexity index is 790. The number of nitro benzene ring substituents is 1. The van der Waals surface area contributed by atoms with Crippen molar-refractivity contribution in [2.45, 2.75) is 26.2 Å². The van der Waals surface area contributed by atoms with E-state index in [9.17, 15) is 14.9 Å². The summed E-state index contributed by atoms with van der Waals surface area (Å²) in [5, 5.41) is 14.4. The molecule has 1 aliphatic rings. The summed E-state index contributed by atoms with van der Waals surface area (Å²) in [5.74, 6) is 0.0661. The first-order valence-corrected chi connectivity index (χ1v) is 8.37. The number of carbonyl (C=O) groups is 1. The highest BCUT2D eigenvalue weighted by atomic mass is 35.5. The number of rotatable bonds is 3. The van der Waals surface area contributed by atoms with Crippen LogP contribution in [0.3, 0.4) is 0 Å². The summed E-state index contributed by atoms with van der Waals surface area (Å²) in [7, 11) is 0. The average molecular weight is 352 g/mol. The fraction of sp³-hybridized carbons (Fsp3) is 0.333. The molecule has 1 atom stereocenters. The predicted octanol–water partition coefficient (Wildman–Crippen LogP) is 4.08. The second-order valence-corrected chi connectivity index (χ2v) is 7.13. The van der Waals surface area contributed by atoms with Crippen LogP contribution in [-0.2, 0) is 12.8 Å². The van der Waals surface area contributed by atoms with Gasteiger partial charge in [-0.1, -0.05) is 18.5 Å². The Balaban J connectivity index is 1.84. The van der Waals surface area contributed by atoms with E-state index >= 15 is 0 Å². The molecule has 0 bridgehead atoms. The molecule has 0 radical (unpaired) electrons. The van der Waals surface area contributed by atoms with Crippen LogP contribution < -0.4 is 5.32 Å². The first-order chi connectivity index (χ1) is 10.9. The van der Waals surface area contributed by atoms with Crippen LogP contribution in [0.5, 0.6) is 0 Å². The van der Waals surface area contributed by atoms with Gasteiger partial charge in [-0.25, -0.2) is 4.98 Å². The number of thiazole rings is 1. The Morgan fingerprint density at radius 1 is 1.52 bits per heavy atom. The molecule has 0 saturated carbocycles. The van der Waals surface area contributed by atoms with Crippen molar-refractivity contribution in [3.63, 3.8) is 0 Å². The molecule has 0 saturated heterocycles. The number of nitrogens with zero attached hydrogens (tertiary/aromatic N) is 2. The van der Waals surface area contributed by atoms with Crippen LogP contribution >= 0.6 is 22.9 Å². The lowest BCUT2D eigenvalue weighted by atomic mass is 9.93. The maximum Gasteiger partial charge on any atom is 0.283 e. The summed E-state index contributed by atoms with van der Waals surface area (Å²) in [6.45, 7) is 2.19. The van der Waals surface area contributed by atoms with Gasteiger partial charge in [0.25, 0.3) is 11.6 Å². The van der Waals surface area contributed by atoms with Crippen molar-refractivity contribution in [1.82, 2.24) is 4.98 Å². The number of aryl methyl sites for hydroxylation is 1. The molecule has 1 heterocycles. The van der Waals surface area contributed by atoms with Crippen molar-refractivity contribution >= 4 is 39.7 Å². The molecule has 1 aliphatic carbocycles. The minimum Gasteiger partial charge on any atom is -0.298 e. The van der Waals surface area contributed by atoms with Crippen LogP contribution in [0.2, 0.25) is 5.02 Å². The van der Waals surface area contributed by atoms with Gasteiger partial charge in [-0.3, -0.25) is 20.2 Å². The third kappa shape index (κ3) is 3.35. The molecule has 3 rings (SSSR count). The lowest BCUT2D eigenvalue weighted by Gasteiger charge is -2.15. The molecule has 1 N–H and O–H groups in total. The smallest absolute Gasteiger partial charge is 0.283 e. The largest absolute Gasteiger partial charge is 0.298 e. The van der Waals surface area contributed by atoms with Gasteiger partial charge in [0.15, 0.2) is 5.13 Å². The van der Waals surface area contributed by atoms with Crippen molar-refractivity contribution < 1.29 is 9.72 Å². The number of fused-ring (bicyclic) bond motifs is 1. The van der Waals surface area contributed by atoms with Crippen molar-refractivity contribution in [3.8, 4) is 0 Å². The third-order valence-electron chi connectivity index (χ3n) is 3.81. The van der Waals surface area contributed by atoms with Gasteiger partial charge in [-0.05, 0) is 37.3 Å². The topological polar surface area (TPSA) is 85.1 Å². The zero-order valence-electron chi connectivity index (χ0n) is 12.3. The first-order valence-electron chi connectivity index (χ1n) is 7.18. The number of nitrogens with one attached hydrogen (secondary N) is 1. The predicted molar refractivity (Wildman–Crippen MR) is 89.4 cm³/mol. The molecule has 0 fully saturated rings. The maximum absolute atomic E-state index is 12.3. The number of benzene rings is 1. The Morgan fingerprint density at radius 3 is 3.04 bits per heavy atom. The van der Waals surface area contributed by atoms with Crippen molar-refractivity contribution in [2.75, 3.05) is 5.32 Å². The summed E-state index contributed by atoms with van der Waals surface area (Å²) in [6, 6.07) is 3.98. The second kappa shape index (κ2) is 6.25. The van der Waals surface area contributed by atoms with E-state index in [0.29, 0.717) is 11.0 Å². The lowest BCUT2D eigenvalue weighted by Crippen LogP contribution is -2.14. The summed E-state index contributed by atoms with van der Waals surface area (Å²) < 4.78 is 0. The minimum absolute atomic E-state index is 0.0269. The molecular weight excluding hydrogens is 338 g/mol. The SMILES string of the molecule is CC1CCc2nc(NC(=O)c3ccc(Cl)cc3[N+](=O)[O-])sc2C1. The fourth-order valence-corrected chi connectivity index (χ4v) is 3.94. The van der Waals surface area contributed by atoms with Gasteiger partial charge < -0.3 is 0 Å². The number of hydrogen-bond acceptors (Lipinski definition) is 5. The summed E-state index contributed by atoms with van der Waals surface area (Å²) in [4.78, 5) is 28.4. The number of amides is 1. The highest BCUT2D eigenvalue weighted by molar-refractivity contribution is 7.15. The van der Waals surface area contributed by atoms with Crippen LogP contribution in [0.25, 0.3) is 0 Å². The number of hydrogen-bond donors (Lipinski definition) is 1. The van der Waals surface area contributed by atoms with E-state index in [2.05, 4.69) is 17.2 Å². The quantitative estimate of drug-likeness (QED) is 0.666. The van der Waals surface area contributed by atoms with Gasteiger partial charge in [-0.15, -0.1) is 11.3 Å². The number of nitro groups is 1. The van der Waals surface area contributed by atoms with Gasteiger partial charge in [0.05, 0.1) is 10.6 Å². The molecule has 1 amide bonds. The normalized spacial score (nSPS) is 16.7. The molecule has 2 aromatic rings. The van der Waals surface area contributed by atoms with Crippen LogP contribution in [0.4, 0.5) is 10.8 Å². The summed E-state index contributed by atoms with van der Waals surface area (Å²) >= 11 is 7.20. The van der Waals surface area contributed by atoms with E-state index in [-0.39, 0.29) is 16.3 Å². The third-order valence-corrected chi connectivity index (χ3v) is 5.08. The minimum atomic E-state index is -0.616. The van der Waals surface area contributed by atoms with E-state index in [1.165, 1.54) is 34.4 Å². The van der Waals surface area contributed by atoms with Crippen LogP contribution in [0.1, 0.15) is 34.3 Å². The fourth-order valence-electron chi connectivity index (χ4n) is 2.61. The number of anilines is 1. The molecule has 1 aromatic carbocycles. The maximum atomic E-state index is 12.3. The Kier molecular flexibility index (Phi) is 4.32. The molecule has 8 heteroatoms. The molecule has 6 nitrogen and oxygen atoms in total. The standard InChI is InChI=1S/C15H14ClN3O3S/c1-8-2-5-11-13(6-8)23-15(17-11)18-14(20)10-4-3-9(16)7-12(10)19(21)22/h3-4,7-8H,2,5-6H2,1H3,(H,17,18,20). The molecule has 23 heavy (non-hydrogen) atoms. The molecular formula is C15H14ClN3O3S. The molecule has 1 unspecified atom stereocenters. The zero-order valence-corrected chi connectivity index (χ0v) is 13.9. The van der Waals surface area contributed by atoms with E-state index in [0.717, 1.165) is 25.0 Å². The van der Waals surface area contributed by atoms with E-state index in [1.54, 1.807) is 0 Å². The van der Waals surface area contributed by atoms with Crippen LogP contribution in [0, 0.1) is 16.0 Å². The summed E-state index contributed by atoms with van der Waals surface area (Å²) in [5.41, 5.74) is 0.680. The monoisotopic (exact) mass is 351 g/mol. The van der Waals surface area contributed by atoms with Gasteiger partial charge in [0.2, 0.25) is 0 Å².